The smallest absolute Gasteiger partial charge is 0.269 e. The first kappa shape index (κ1) is 17.9. The topological polar surface area (TPSA) is 63.2 Å². The number of carbonyl (C=O) groups excluding carboxylic acids is 1. The molecule has 0 saturated heterocycles. The summed E-state index contributed by atoms with van der Waals surface area (Å²) in [5.41, 5.74) is 3.58. The summed E-state index contributed by atoms with van der Waals surface area (Å²) in [5, 5.41) is 6.19. The van der Waals surface area contributed by atoms with Gasteiger partial charge in [0.2, 0.25) is 0 Å². The maximum atomic E-state index is 12.0. The van der Waals surface area contributed by atoms with Gasteiger partial charge in [-0.1, -0.05) is 32.0 Å². The van der Waals surface area contributed by atoms with E-state index in [1.165, 1.54) is 5.56 Å². The minimum atomic E-state index is -0.166. The predicted molar refractivity (Wildman–Crippen MR) is 96.9 cm³/mol. The number of para-hydroxylation sites is 1. The van der Waals surface area contributed by atoms with E-state index in [1.54, 1.807) is 19.4 Å². The fourth-order valence-electron chi connectivity index (χ4n) is 2.38. The molecule has 24 heavy (non-hydrogen) atoms. The number of anilines is 2. The van der Waals surface area contributed by atoms with Gasteiger partial charge in [-0.25, -0.2) is 4.98 Å². The average molecular weight is 327 g/mol. The number of aromatic nitrogens is 1. The molecule has 2 N–H and O–H groups in total. The van der Waals surface area contributed by atoms with Crippen molar-refractivity contribution in [2.75, 3.05) is 25.6 Å². The first-order chi connectivity index (χ1) is 11.6. The Kier molecular flexibility index (Phi) is 6.75. The Labute approximate surface area is 143 Å². The van der Waals surface area contributed by atoms with Gasteiger partial charge in [0.15, 0.2) is 0 Å². The molecule has 1 aromatic carbocycles. The average Bonchev–Trinajstić information content (AvgIpc) is 2.59. The van der Waals surface area contributed by atoms with Crippen molar-refractivity contribution in [3.63, 3.8) is 0 Å². The Morgan fingerprint density at radius 2 is 2.00 bits per heavy atom. The summed E-state index contributed by atoms with van der Waals surface area (Å²) in [6, 6.07) is 11.8. The summed E-state index contributed by atoms with van der Waals surface area (Å²) >= 11 is 0. The molecule has 128 valence electrons. The summed E-state index contributed by atoms with van der Waals surface area (Å²) in [5.74, 6) is 0.263. The molecule has 5 heteroatoms. The van der Waals surface area contributed by atoms with Crippen molar-refractivity contribution in [3.05, 3.63) is 53.9 Å². The number of nitrogens with zero attached hydrogens (tertiary/aromatic N) is 1. The number of hydrogen-bond acceptors (Lipinski definition) is 4. The van der Waals surface area contributed by atoms with E-state index in [9.17, 15) is 4.79 Å². The van der Waals surface area contributed by atoms with Gasteiger partial charge in [0, 0.05) is 25.9 Å². The first-order valence-corrected chi connectivity index (χ1v) is 8.21. The molecule has 0 aliphatic rings. The molecule has 0 aliphatic carbocycles. The molecule has 0 fully saturated rings. The molecule has 0 atom stereocenters. The number of amides is 1. The summed E-state index contributed by atoms with van der Waals surface area (Å²) in [4.78, 5) is 16.2. The highest BCUT2D eigenvalue weighted by atomic mass is 16.5. The third kappa shape index (κ3) is 5.06. The van der Waals surface area contributed by atoms with Crippen LogP contribution in [0.2, 0.25) is 0 Å². The lowest BCUT2D eigenvalue weighted by Crippen LogP contribution is -2.26. The van der Waals surface area contributed by atoms with E-state index in [-0.39, 0.29) is 5.91 Å². The molecule has 5 nitrogen and oxygen atoms in total. The van der Waals surface area contributed by atoms with Gasteiger partial charge in [0.05, 0.1) is 11.9 Å². The molecule has 0 spiro atoms. The van der Waals surface area contributed by atoms with Crippen molar-refractivity contribution in [2.24, 2.45) is 0 Å². The number of pyridine rings is 1. The number of rotatable bonds is 8. The van der Waals surface area contributed by atoms with Crippen LogP contribution < -0.4 is 10.6 Å². The summed E-state index contributed by atoms with van der Waals surface area (Å²) in [7, 11) is 1.65. The van der Waals surface area contributed by atoms with Crippen LogP contribution in [-0.4, -0.2) is 31.2 Å². The van der Waals surface area contributed by atoms with Gasteiger partial charge in [0.25, 0.3) is 5.91 Å². The molecule has 0 unspecified atom stereocenters. The van der Waals surface area contributed by atoms with Crippen molar-refractivity contribution in [3.8, 4) is 0 Å². The van der Waals surface area contributed by atoms with Crippen LogP contribution in [0.1, 0.15) is 42.2 Å². The summed E-state index contributed by atoms with van der Waals surface area (Å²) in [6.07, 6.45) is 2.47. The van der Waals surface area contributed by atoms with Crippen LogP contribution in [0.25, 0.3) is 0 Å². The largest absolute Gasteiger partial charge is 0.385 e. The lowest BCUT2D eigenvalue weighted by Gasteiger charge is -2.14. The Bertz CT molecular complexity index is 654. The second kappa shape index (κ2) is 9.03. The second-order valence-electron chi connectivity index (χ2n) is 5.90. The van der Waals surface area contributed by atoms with Crippen LogP contribution in [0.5, 0.6) is 0 Å². The van der Waals surface area contributed by atoms with Crippen molar-refractivity contribution in [1.82, 2.24) is 10.3 Å². The highest BCUT2D eigenvalue weighted by molar-refractivity contribution is 5.92. The Morgan fingerprint density at radius 3 is 2.67 bits per heavy atom. The lowest BCUT2D eigenvalue weighted by molar-refractivity contribution is 0.0943. The SMILES string of the molecule is COCCCNC(=O)c1ccc(Nc2ccccc2C(C)C)cn1. The van der Waals surface area contributed by atoms with E-state index in [0.717, 1.165) is 17.8 Å². The highest BCUT2D eigenvalue weighted by Crippen LogP contribution is 2.26. The molecule has 2 aromatic rings. The molecule has 0 radical (unpaired) electrons. The van der Waals surface area contributed by atoms with Crippen LogP contribution in [0.3, 0.4) is 0 Å². The zero-order chi connectivity index (χ0) is 17.4. The van der Waals surface area contributed by atoms with Gasteiger partial charge < -0.3 is 15.4 Å². The number of methoxy groups -OCH3 is 1. The minimum absolute atomic E-state index is 0.166. The van der Waals surface area contributed by atoms with Crippen molar-refractivity contribution in [1.29, 1.82) is 0 Å². The quantitative estimate of drug-likeness (QED) is 0.726. The molecule has 0 bridgehead atoms. The molecular formula is C19H25N3O2. The van der Waals surface area contributed by atoms with Gasteiger partial charge in [-0.05, 0) is 36.1 Å². The van der Waals surface area contributed by atoms with Crippen molar-refractivity contribution in [2.45, 2.75) is 26.2 Å². The number of ether oxygens (including phenoxy) is 1. The van der Waals surface area contributed by atoms with Gasteiger partial charge in [-0.2, -0.15) is 0 Å². The molecule has 1 heterocycles. The zero-order valence-electron chi connectivity index (χ0n) is 14.5. The van der Waals surface area contributed by atoms with E-state index in [0.29, 0.717) is 24.8 Å². The van der Waals surface area contributed by atoms with Crippen LogP contribution >= 0.6 is 0 Å². The lowest BCUT2D eigenvalue weighted by atomic mass is 10.0. The monoisotopic (exact) mass is 327 g/mol. The second-order valence-corrected chi connectivity index (χ2v) is 5.90. The Hall–Kier alpha value is -2.40. The first-order valence-electron chi connectivity index (χ1n) is 8.21. The molecule has 1 aromatic heterocycles. The van der Waals surface area contributed by atoms with Crippen molar-refractivity contribution >= 4 is 17.3 Å². The number of carbonyl (C=O) groups is 1. The molecular weight excluding hydrogens is 302 g/mol. The van der Waals surface area contributed by atoms with E-state index in [1.807, 2.05) is 24.3 Å². The summed E-state index contributed by atoms with van der Waals surface area (Å²) < 4.78 is 4.95. The van der Waals surface area contributed by atoms with Gasteiger partial charge >= 0.3 is 0 Å². The van der Waals surface area contributed by atoms with Gasteiger partial charge in [-0.15, -0.1) is 0 Å². The third-order valence-electron chi connectivity index (χ3n) is 3.67. The van der Waals surface area contributed by atoms with Crippen LogP contribution in [0.15, 0.2) is 42.6 Å². The predicted octanol–water partition coefficient (Wildman–Crippen LogP) is 3.71. The maximum Gasteiger partial charge on any atom is 0.269 e. The fraction of sp³-hybridized carbons (Fsp3) is 0.368. The molecule has 0 aliphatic heterocycles. The van der Waals surface area contributed by atoms with Crippen molar-refractivity contribution < 1.29 is 9.53 Å². The number of benzene rings is 1. The minimum Gasteiger partial charge on any atom is -0.385 e. The van der Waals surface area contributed by atoms with E-state index in [2.05, 4.69) is 35.5 Å². The zero-order valence-corrected chi connectivity index (χ0v) is 14.5. The van der Waals surface area contributed by atoms with E-state index >= 15 is 0 Å². The normalized spacial score (nSPS) is 10.7. The van der Waals surface area contributed by atoms with Crippen LogP contribution in [-0.2, 0) is 4.74 Å². The molecule has 2 rings (SSSR count). The standard InChI is InChI=1S/C19H25N3O2/c1-14(2)16-7-4-5-8-17(16)22-15-9-10-18(21-13-15)19(23)20-11-6-12-24-3/h4-5,7-10,13-14,22H,6,11-12H2,1-3H3,(H,20,23). The molecule has 1 amide bonds. The number of hydrogen-bond donors (Lipinski definition) is 2. The van der Waals surface area contributed by atoms with Gasteiger partial charge in [0.1, 0.15) is 5.69 Å². The van der Waals surface area contributed by atoms with Crippen LogP contribution in [0, 0.1) is 0 Å². The third-order valence-corrected chi connectivity index (χ3v) is 3.67. The maximum absolute atomic E-state index is 12.0. The Morgan fingerprint density at radius 1 is 1.21 bits per heavy atom. The Balaban J connectivity index is 1.98. The number of nitrogens with one attached hydrogen (secondary N) is 2. The fourth-order valence-corrected chi connectivity index (χ4v) is 2.38. The highest BCUT2D eigenvalue weighted by Gasteiger charge is 2.08. The van der Waals surface area contributed by atoms with E-state index in [4.69, 9.17) is 4.74 Å². The summed E-state index contributed by atoms with van der Waals surface area (Å²) in [6.45, 7) is 5.54. The van der Waals surface area contributed by atoms with Gasteiger partial charge in [-0.3, -0.25) is 4.79 Å². The van der Waals surface area contributed by atoms with E-state index < -0.39 is 0 Å². The molecule has 0 saturated carbocycles. The van der Waals surface area contributed by atoms with Crippen LogP contribution in [0.4, 0.5) is 11.4 Å².